The van der Waals surface area contributed by atoms with E-state index in [1.165, 1.54) is 23.6 Å². The Bertz CT molecular complexity index is 603. The van der Waals surface area contributed by atoms with Gasteiger partial charge in [-0.05, 0) is 41.2 Å². The summed E-state index contributed by atoms with van der Waals surface area (Å²) in [6.45, 7) is 6.33. The molecule has 112 valence electrons. The fraction of sp³-hybridized carbons (Fsp3) is 0.474. The summed E-state index contributed by atoms with van der Waals surface area (Å²) in [6.07, 6.45) is 2.18. The lowest BCUT2D eigenvalue weighted by molar-refractivity contribution is 0.101. The van der Waals surface area contributed by atoms with Crippen LogP contribution in [0.15, 0.2) is 42.5 Å². The molecule has 0 aromatic heterocycles. The van der Waals surface area contributed by atoms with E-state index in [0.717, 1.165) is 18.7 Å². The van der Waals surface area contributed by atoms with Crippen molar-refractivity contribution in [3.63, 3.8) is 0 Å². The average molecular weight is 283 g/mol. The summed E-state index contributed by atoms with van der Waals surface area (Å²) in [4.78, 5) is 2.46. The molecule has 1 fully saturated rings. The van der Waals surface area contributed by atoms with E-state index in [1.54, 1.807) is 0 Å². The van der Waals surface area contributed by atoms with Crippen LogP contribution < -0.4 is 0 Å². The van der Waals surface area contributed by atoms with Crippen molar-refractivity contribution in [1.29, 1.82) is 0 Å². The number of fused-ring (bicyclic) bond motifs is 1. The van der Waals surface area contributed by atoms with Crippen LogP contribution in [-0.2, 0) is 0 Å². The maximum atomic E-state index is 10.6. The van der Waals surface area contributed by atoms with Gasteiger partial charge in [0.25, 0.3) is 0 Å². The molecule has 3 rings (SSSR count). The SMILES string of the molecule is CC(C)CN(CC(O)c1ccc2ccccc2c1)C1CC1. The lowest BCUT2D eigenvalue weighted by Crippen LogP contribution is -2.33. The van der Waals surface area contributed by atoms with Crippen LogP contribution in [0.25, 0.3) is 10.8 Å². The number of aliphatic hydroxyl groups is 1. The minimum atomic E-state index is -0.394. The molecule has 2 nitrogen and oxygen atoms in total. The van der Waals surface area contributed by atoms with Crippen molar-refractivity contribution in [3.05, 3.63) is 48.0 Å². The second kappa shape index (κ2) is 6.17. The van der Waals surface area contributed by atoms with Crippen LogP contribution in [0, 0.1) is 5.92 Å². The number of hydrogen-bond donors (Lipinski definition) is 1. The summed E-state index contributed by atoms with van der Waals surface area (Å²) in [5.41, 5.74) is 1.03. The third-order valence-electron chi connectivity index (χ3n) is 4.23. The van der Waals surface area contributed by atoms with Gasteiger partial charge in [-0.2, -0.15) is 0 Å². The molecule has 0 radical (unpaired) electrons. The Morgan fingerprint density at radius 1 is 1.05 bits per heavy atom. The zero-order valence-corrected chi connectivity index (χ0v) is 13.0. The molecule has 1 unspecified atom stereocenters. The molecular weight excluding hydrogens is 258 g/mol. The topological polar surface area (TPSA) is 23.5 Å². The Kier molecular flexibility index (Phi) is 4.27. The van der Waals surface area contributed by atoms with Crippen molar-refractivity contribution in [2.24, 2.45) is 5.92 Å². The lowest BCUT2D eigenvalue weighted by atomic mass is 10.0. The van der Waals surface area contributed by atoms with E-state index in [1.807, 2.05) is 6.07 Å². The highest BCUT2D eigenvalue weighted by Gasteiger charge is 2.30. The summed E-state index contributed by atoms with van der Waals surface area (Å²) in [5, 5.41) is 13.0. The van der Waals surface area contributed by atoms with Gasteiger partial charge in [0.1, 0.15) is 0 Å². The smallest absolute Gasteiger partial charge is 0.0917 e. The van der Waals surface area contributed by atoms with E-state index in [9.17, 15) is 5.11 Å². The van der Waals surface area contributed by atoms with Gasteiger partial charge in [-0.15, -0.1) is 0 Å². The van der Waals surface area contributed by atoms with Crippen LogP contribution in [0.3, 0.4) is 0 Å². The van der Waals surface area contributed by atoms with Gasteiger partial charge in [-0.25, -0.2) is 0 Å². The highest BCUT2D eigenvalue weighted by molar-refractivity contribution is 5.83. The van der Waals surface area contributed by atoms with E-state index in [4.69, 9.17) is 0 Å². The first-order chi connectivity index (χ1) is 10.1. The Morgan fingerprint density at radius 3 is 2.43 bits per heavy atom. The molecule has 1 atom stereocenters. The molecule has 1 N–H and O–H groups in total. The Labute approximate surface area is 127 Å². The molecule has 1 aliphatic carbocycles. The van der Waals surface area contributed by atoms with Crippen LogP contribution in [0.4, 0.5) is 0 Å². The van der Waals surface area contributed by atoms with Crippen molar-refractivity contribution in [3.8, 4) is 0 Å². The van der Waals surface area contributed by atoms with Gasteiger partial charge < -0.3 is 5.11 Å². The van der Waals surface area contributed by atoms with E-state index >= 15 is 0 Å². The first-order valence-corrected chi connectivity index (χ1v) is 8.04. The van der Waals surface area contributed by atoms with Crippen molar-refractivity contribution < 1.29 is 5.11 Å². The average Bonchev–Trinajstić information content (AvgIpc) is 3.30. The van der Waals surface area contributed by atoms with Crippen LogP contribution in [-0.4, -0.2) is 29.1 Å². The molecule has 0 heterocycles. The van der Waals surface area contributed by atoms with Gasteiger partial charge in [0, 0.05) is 19.1 Å². The maximum Gasteiger partial charge on any atom is 0.0917 e. The molecule has 2 heteroatoms. The van der Waals surface area contributed by atoms with E-state index < -0.39 is 6.10 Å². The molecule has 0 saturated heterocycles. The predicted octanol–water partition coefficient (Wildman–Crippen LogP) is 3.99. The summed E-state index contributed by atoms with van der Waals surface area (Å²) >= 11 is 0. The number of hydrogen-bond acceptors (Lipinski definition) is 2. The molecule has 1 saturated carbocycles. The zero-order valence-electron chi connectivity index (χ0n) is 13.0. The summed E-state index contributed by atoms with van der Waals surface area (Å²) in [6, 6.07) is 15.3. The third kappa shape index (κ3) is 3.63. The fourth-order valence-electron chi connectivity index (χ4n) is 3.02. The Morgan fingerprint density at radius 2 is 1.76 bits per heavy atom. The molecule has 21 heavy (non-hydrogen) atoms. The van der Waals surface area contributed by atoms with Crippen LogP contribution in [0.1, 0.15) is 38.4 Å². The number of rotatable bonds is 6. The van der Waals surface area contributed by atoms with E-state index in [-0.39, 0.29) is 0 Å². The molecule has 0 spiro atoms. The van der Waals surface area contributed by atoms with Crippen molar-refractivity contribution >= 4 is 10.8 Å². The minimum absolute atomic E-state index is 0.394. The maximum absolute atomic E-state index is 10.6. The van der Waals surface area contributed by atoms with E-state index in [0.29, 0.717) is 12.0 Å². The summed E-state index contributed by atoms with van der Waals surface area (Å²) in [5.74, 6) is 0.648. The van der Waals surface area contributed by atoms with Gasteiger partial charge in [0.2, 0.25) is 0 Å². The van der Waals surface area contributed by atoms with Crippen molar-refractivity contribution in [2.75, 3.05) is 13.1 Å². The number of nitrogens with zero attached hydrogens (tertiary/aromatic N) is 1. The first kappa shape index (κ1) is 14.6. The number of benzene rings is 2. The normalized spacial score (nSPS) is 16.8. The van der Waals surface area contributed by atoms with Crippen LogP contribution >= 0.6 is 0 Å². The predicted molar refractivity (Wildman–Crippen MR) is 88.3 cm³/mol. The van der Waals surface area contributed by atoms with E-state index in [2.05, 4.69) is 55.1 Å². The van der Waals surface area contributed by atoms with Gasteiger partial charge >= 0.3 is 0 Å². The Balaban J connectivity index is 1.74. The monoisotopic (exact) mass is 283 g/mol. The van der Waals surface area contributed by atoms with Crippen LogP contribution in [0.5, 0.6) is 0 Å². The highest BCUT2D eigenvalue weighted by Crippen LogP contribution is 2.30. The van der Waals surface area contributed by atoms with Gasteiger partial charge in [0.15, 0.2) is 0 Å². The quantitative estimate of drug-likeness (QED) is 0.866. The fourth-order valence-corrected chi connectivity index (χ4v) is 3.02. The molecule has 2 aromatic carbocycles. The molecule has 0 amide bonds. The van der Waals surface area contributed by atoms with Crippen molar-refractivity contribution in [1.82, 2.24) is 4.90 Å². The minimum Gasteiger partial charge on any atom is -0.387 e. The van der Waals surface area contributed by atoms with Crippen molar-refractivity contribution in [2.45, 2.75) is 38.8 Å². The second-order valence-electron chi connectivity index (χ2n) is 6.70. The summed E-state index contributed by atoms with van der Waals surface area (Å²) < 4.78 is 0. The van der Waals surface area contributed by atoms with Gasteiger partial charge in [0.05, 0.1) is 6.10 Å². The molecule has 2 aromatic rings. The molecule has 1 aliphatic rings. The second-order valence-corrected chi connectivity index (χ2v) is 6.70. The lowest BCUT2D eigenvalue weighted by Gasteiger charge is -2.26. The van der Waals surface area contributed by atoms with Gasteiger partial charge in [-0.3, -0.25) is 4.90 Å². The summed E-state index contributed by atoms with van der Waals surface area (Å²) in [7, 11) is 0. The standard InChI is InChI=1S/C19H25NO/c1-14(2)12-20(18-9-10-18)13-19(21)17-8-7-15-5-3-4-6-16(15)11-17/h3-8,11,14,18-19,21H,9-10,12-13H2,1-2H3. The zero-order chi connectivity index (χ0) is 14.8. The molecular formula is C19H25NO. The third-order valence-corrected chi connectivity index (χ3v) is 4.23. The largest absolute Gasteiger partial charge is 0.387 e. The first-order valence-electron chi connectivity index (χ1n) is 8.04. The van der Waals surface area contributed by atoms with Gasteiger partial charge in [-0.1, -0.05) is 50.2 Å². The highest BCUT2D eigenvalue weighted by atomic mass is 16.3. The number of aliphatic hydroxyl groups excluding tert-OH is 1. The molecule has 0 aliphatic heterocycles. The van der Waals surface area contributed by atoms with Crippen LogP contribution in [0.2, 0.25) is 0 Å². The molecule has 0 bridgehead atoms. The Hall–Kier alpha value is -1.38.